The van der Waals surface area contributed by atoms with Gasteiger partial charge >= 0.3 is 0 Å². The van der Waals surface area contributed by atoms with Crippen LogP contribution in [0.2, 0.25) is 0 Å². The number of nitriles is 1. The third-order valence-corrected chi connectivity index (χ3v) is 2.24. The summed E-state index contributed by atoms with van der Waals surface area (Å²) >= 11 is 0. The lowest BCUT2D eigenvalue weighted by molar-refractivity contribution is -0.129. The van der Waals surface area contributed by atoms with Gasteiger partial charge in [-0.25, -0.2) is 4.90 Å². The van der Waals surface area contributed by atoms with E-state index in [1.54, 1.807) is 0 Å². The van der Waals surface area contributed by atoms with E-state index in [9.17, 15) is 9.59 Å². The number of carbonyl (C=O) groups excluding carboxylic acids is 2. The average Bonchev–Trinajstić information content (AvgIpc) is 2.65. The van der Waals surface area contributed by atoms with E-state index in [1.165, 1.54) is 6.20 Å². The second kappa shape index (κ2) is 3.53. The molecule has 1 aromatic heterocycles. The maximum absolute atomic E-state index is 11.5. The van der Waals surface area contributed by atoms with Crippen LogP contribution >= 0.6 is 0 Å². The average molecular weight is 204 g/mol. The van der Waals surface area contributed by atoms with E-state index < -0.39 is 0 Å². The van der Waals surface area contributed by atoms with Crippen LogP contribution in [-0.4, -0.2) is 22.0 Å². The Bertz CT molecular complexity index is 441. The highest BCUT2D eigenvalue weighted by Gasteiger charge is 2.30. The summed E-state index contributed by atoms with van der Waals surface area (Å²) in [6, 6.07) is 1.87. The van der Waals surface area contributed by atoms with Crippen LogP contribution in [0.3, 0.4) is 0 Å². The molecular formula is C9H8N4O2. The first-order chi connectivity index (χ1) is 7.24. The third kappa shape index (κ3) is 1.48. The molecule has 0 spiro atoms. The molecule has 2 heterocycles. The zero-order valence-electron chi connectivity index (χ0n) is 7.86. The van der Waals surface area contributed by atoms with Gasteiger partial charge in [0.25, 0.3) is 0 Å². The number of rotatable bonds is 1. The number of nitrogens with one attached hydrogen (secondary N) is 1. The molecule has 1 aromatic rings. The lowest BCUT2D eigenvalue weighted by atomic mass is 10.1. The molecular weight excluding hydrogens is 196 g/mol. The maximum atomic E-state index is 11.5. The SMILES string of the molecule is N#Cc1cn[nH]c1N1C(=O)CCCC1=O. The molecule has 6 heteroatoms. The van der Waals surface area contributed by atoms with Gasteiger partial charge in [0.05, 0.1) is 6.20 Å². The highest BCUT2D eigenvalue weighted by atomic mass is 16.2. The molecule has 1 N–H and O–H groups in total. The Morgan fingerprint density at radius 3 is 2.67 bits per heavy atom. The maximum Gasteiger partial charge on any atom is 0.235 e. The summed E-state index contributed by atoms with van der Waals surface area (Å²) in [6.07, 6.45) is 2.53. The summed E-state index contributed by atoms with van der Waals surface area (Å²) in [4.78, 5) is 24.0. The minimum absolute atomic E-state index is 0.187. The highest BCUT2D eigenvalue weighted by Crippen LogP contribution is 2.22. The molecule has 2 amide bonds. The van der Waals surface area contributed by atoms with Crippen LogP contribution in [-0.2, 0) is 9.59 Å². The van der Waals surface area contributed by atoms with Crippen molar-refractivity contribution in [1.29, 1.82) is 5.26 Å². The Morgan fingerprint density at radius 1 is 1.40 bits per heavy atom. The van der Waals surface area contributed by atoms with Crippen LogP contribution in [0.4, 0.5) is 5.82 Å². The van der Waals surface area contributed by atoms with Crippen molar-refractivity contribution in [1.82, 2.24) is 10.2 Å². The third-order valence-electron chi connectivity index (χ3n) is 2.24. The second-order valence-electron chi connectivity index (χ2n) is 3.22. The summed E-state index contributed by atoms with van der Waals surface area (Å²) in [6.45, 7) is 0. The van der Waals surface area contributed by atoms with E-state index in [1.807, 2.05) is 6.07 Å². The van der Waals surface area contributed by atoms with Gasteiger partial charge in [-0.3, -0.25) is 14.7 Å². The monoisotopic (exact) mass is 204 g/mol. The fourth-order valence-corrected chi connectivity index (χ4v) is 1.53. The van der Waals surface area contributed by atoms with Gasteiger partial charge in [-0.15, -0.1) is 0 Å². The predicted octanol–water partition coefficient (Wildman–Crippen LogP) is 0.325. The van der Waals surface area contributed by atoms with Gasteiger partial charge in [0.1, 0.15) is 11.6 Å². The van der Waals surface area contributed by atoms with Crippen LogP contribution in [0, 0.1) is 11.3 Å². The molecule has 1 fully saturated rings. The largest absolute Gasteiger partial charge is 0.274 e. The summed E-state index contributed by atoms with van der Waals surface area (Å²) in [5.41, 5.74) is 0.207. The molecule has 0 unspecified atom stereocenters. The second-order valence-corrected chi connectivity index (χ2v) is 3.22. The quantitative estimate of drug-likeness (QED) is 0.667. The smallest absolute Gasteiger partial charge is 0.235 e. The van der Waals surface area contributed by atoms with Gasteiger partial charge in [0, 0.05) is 12.8 Å². The molecule has 1 aliphatic rings. The Balaban J connectivity index is 2.41. The van der Waals surface area contributed by atoms with Crippen molar-refractivity contribution >= 4 is 17.6 Å². The predicted molar refractivity (Wildman–Crippen MR) is 49.6 cm³/mol. The molecule has 0 atom stereocenters. The van der Waals surface area contributed by atoms with E-state index in [0.29, 0.717) is 19.3 Å². The number of piperidine rings is 1. The fourth-order valence-electron chi connectivity index (χ4n) is 1.53. The molecule has 15 heavy (non-hydrogen) atoms. The number of H-pyrrole nitrogens is 1. The van der Waals surface area contributed by atoms with E-state index in [2.05, 4.69) is 10.2 Å². The number of imide groups is 1. The van der Waals surface area contributed by atoms with Crippen LogP contribution in [0.25, 0.3) is 0 Å². The Hall–Kier alpha value is -2.16. The minimum atomic E-state index is -0.285. The molecule has 6 nitrogen and oxygen atoms in total. The molecule has 0 aromatic carbocycles. The molecule has 1 saturated heterocycles. The molecule has 0 bridgehead atoms. The molecule has 0 aliphatic carbocycles. The van der Waals surface area contributed by atoms with Crippen molar-refractivity contribution in [3.05, 3.63) is 11.8 Å². The van der Waals surface area contributed by atoms with Gasteiger partial charge in [-0.2, -0.15) is 10.4 Å². The molecule has 2 rings (SSSR count). The standard InChI is InChI=1S/C9H8N4O2/c10-4-6-5-11-12-9(6)13-7(14)2-1-3-8(13)15/h5H,1-3H2,(H,11,12). The lowest BCUT2D eigenvalue weighted by Crippen LogP contribution is -2.40. The van der Waals surface area contributed by atoms with Crippen molar-refractivity contribution in [3.8, 4) is 6.07 Å². The van der Waals surface area contributed by atoms with Crippen molar-refractivity contribution in [2.24, 2.45) is 0 Å². The Labute approximate surface area is 85.5 Å². The number of anilines is 1. The first-order valence-electron chi connectivity index (χ1n) is 4.53. The molecule has 0 saturated carbocycles. The van der Waals surface area contributed by atoms with Crippen molar-refractivity contribution < 1.29 is 9.59 Å². The highest BCUT2D eigenvalue weighted by molar-refractivity contribution is 6.16. The van der Waals surface area contributed by atoms with Gasteiger partial charge in [-0.1, -0.05) is 0 Å². The minimum Gasteiger partial charge on any atom is -0.274 e. The number of hydrogen-bond donors (Lipinski definition) is 1. The molecule has 1 aliphatic heterocycles. The molecule has 76 valence electrons. The zero-order valence-corrected chi connectivity index (χ0v) is 7.86. The number of carbonyl (C=O) groups is 2. The number of amides is 2. The van der Waals surface area contributed by atoms with Gasteiger partial charge in [-0.05, 0) is 6.42 Å². The van der Waals surface area contributed by atoms with Gasteiger partial charge in [0.2, 0.25) is 11.8 Å². The van der Waals surface area contributed by atoms with Crippen molar-refractivity contribution in [3.63, 3.8) is 0 Å². The normalized spacial score (nSPS) is 16.6. The van der Waals surface area contributed by atoms with Crippen LogP contribution in [0.15, 0.2) is 6.20 Å². The van der Waals surface area contributed by atoms with Crippen LogP contribution in [0.5, 0.6) is 0 Å². The number of aromatic amines is 1. The lowest BCUT2D eigenvalue weighted by Gasteiger charge is -2.23. The zero-order chi connectivity index (χ0) is 10.8. The van der Waals surface area contributed by atoms with E-state index >= 15 is 0 Å². The van der Waals surface area contributed by atoms with Crippen LogP contribution in [0.1, 0.15) is 24.8 Å². The van der Waals surface area contributed by atoms with E-state index in [0.717, 1.165) is 4.90 Å². The van der Waals surface area contributed by atoms with E-state index in [-0.39, 0.29) is 23.2 Å². The Kier molecular flexibility index (Phi) is 2.21. The van der Waals surface area contributed by atoms with Crippen LogP contribution < -0.4 is 4.90 Å². The number of nitrogens with zero attached hydrogens (tertiary/aromatic N) is 3. The van der Waals surface area contributed by atoms with Crippen molar-refractivity contribution in [2.45, 2.75) is 19.3 Å². The van der Waals surface area contributed by atoms with Gasteiger partial charge < -0.3 is 0 Å². The first kappa shape index (κ1) is 9.40. The summed E-state index contributed by atoms with van der Waals surface area (Å²) in [5, 5.41) is 14.9. The van der Waals surface area contributed by atoms with E-state index in [4.69, 9.17) is 5.26 Å². The number of aromatic nitrogens is 2. The Morgan fingerprint density at radius 2 is 2.07 bits per heavy atom. The molecule has 0 radical (unpaired) electrons. The fraction of sp³-hybridized carbons (Fsp3) is 0.333. The number of hydrogen-bond acceptors (Lipinski definition) is 4. The summed E-state index contributed by atoms with van der Waals surface area (Å²) in [5.74, 6) is -0.383. The summed E-state index contributed by atoms with van der Waals surface area (Å²) in [7, 11) is 0. The van der Waals surface area contributed by atoms with Gasteiger partial charge in [0.15, 0.2) is 5.82 Å². The topological polar surface area (TPSA) is 89.8 Å². The summed E-state index contributed by atoms with van der Waals surface area (Å²) < 4.78 is 0. The van der Waals surface area contributed by atoms with Crippen molar-refractivity contribution in [2.75, 3.05) is 4.90 Å². The first-order valence-corrected chi connectivity index (χ1v) is 4.53.